The van der Waals surface area contributed by atoms with Crippen LogP contribution in [0.3, 0.4) is 0 Å². The lowest BCUT2D eigenvalue weighted by molar-refractivity contribution is -0.127. The smallest absolute Gasteiger partial charge is 0.287 e. The number of carbonyl (C=O) groups excluding carboxylic acids is 3. The number of benzene rings is 1. The third-order valence-corrected chi connectivity index (χ3v) is 6.31. The molecule has 2 aromatic heterocycles. The van der Waals surface area contributed by atoms with Gasteiger partial charge in [-0.3, -0.25) is 24.3 Å². The number of nitrogens with one attached hydrogen (secondary N) is 2. The van der Waals surface area contributed by atoms with E-state index in [0.29, 0.717) is 11.1 Å². The van der Waals surface area contributed by atoms with Gasteiger partial charge in [0.2, 0.25) is 11.8 Å². The number of rotatable bonds is 8. The van der Waals surface area contributed by atoms with Crippen molar-refractivity contribution in [3.05, 3.63) is 83.8 Å². The zero-order chi connectivity index (χ0) is 25.5. The molecule has 2 heterocycles. The second kappa shape index (κ2) is 11.6. The molecule has 1 aliphatic rings. The van der Waals surface area contributed by atoms with E-state index in [2.05, 4.69) is 15.6 Å². The van der Waals surface area contributed by atoms with Crippen LogP contribution in [0.1, 0.15) is 59.8 Å². The fourth-order valence-electron chi connectivity index (χ4n) is 4.39. The molecule has 1 aromatic carbocycles. The van der Waals surface area contributed by atoms with Crippen molar-refractivity contribution in [2.24, 2.45) is 0 Å². The second-order valence-corrected chi connectivity index (χ2v) is 8.89. The summed E-state index contributed by atoms with van der Waals surface area (Å²) in [5.41, 5.74) is 1.07. The third-order valence-electron chi connectivity index (χ3n) is 6.31. The summed E-state index contributed by atoms with van der Waals surface area (Å²) in [6, 6.07) is 9.64. The summed E-state index contributed by atoms with van der Waals surface area (Å²) in [4.78, 5) is 45.0. The van der Waals surface area contributed by atoms with Crippen LogP contribution in [0.2, 0.25) is 0 Å². The Kier molecular flexibility index (Phi) is 8.10. The number of furan rings is 1. The number of nitrogens with zero attached hydrogens (tertiary/aromatic N) is 2. The Labute approximate surface area is 208 Å². The zero-order valence-electron chi connectivity index (χ0n) is 20.1. The standard InChI is InChI=1S/C27H29FN4O4/c1-18-11-12-21(15-22(18)28)32(24(33)17-30-26(34)23-10-6-14-36-23)25(19-7-5-13-29-16-19)27(35)31-20-8-3-2-4-9-20/h5-7,10-16,20,25H,2-4,8-9,17H2,1H3,(H,30,34)(H,31,35)/t25-/m1/s1. The summed E-state index contributed by atoms with van der Waals surface area (Å²) in [6.07, 6.45) is 9.32. The van der Waals surface area contributed by atoms with Gasteiger partial charge in [0.1, 0.15) is 11.9 Å². The third kappa shape index (κ3) is 5.97. The molecule has 3 aromatic rings. The summed E-state index contributed by atoms with van der Waals surface area (Å²) < 4.78 is 19.7. The Morgan fingerprint density at radius 3 is 2.61 bits per heavy atom. The number of hydrogen-bond acceptors (Lipinski definition) is 5. The molecular formula is C27H29FN4O4. The molecule has 0 radical (unpaired) electrons. The van der Waals surface area contributed by atoms with Gasteiger partial charge in [0.25, 0.3) is 5.91 Å². The number of pyridine rings is 1. The van der Waals surface area contributed by atoms with E-state index in [0.717, 1.165) is 32.1 Å². The summed E-state index contributed by atoms with van der Waals surface area (Å²) in [5.74, 6) is -2.02. The van der Waals surface area contributed by atoms with Crippen molar-refractivity contribution < 1.29 is 23.2 Å². The molecule has 1 atom stereocenters. The maximum absolute atomic E-state index is 14.6. The first kappa shape index (κ1) is 25.1. The minimum absolute atomic E-state index is 0.00390. The Hall–Kier alpha value is -4.01. The fourth-order valence-corrected chi connectivity index (χ4v) is 4.39. The van der Waals surface area contributed by atoms with Crippen molar-refractivity contribution in [3.8, 4) is 0 Å². The van der Waals surface area contributed by atoms with E-state index < -0.39 is 30.2 Å². The van der Waals surface area contributed by atoms with Crippen LogP contribution in [0.15, 0.2) is 65.5 Å². The van der Waals surface area contributed by atoms with Gasteiger partial charge >= 0.3 is 0 Å². The van der Waals surface area contributed by atoms with Gasteiger partial charge in [-0.15, -0.1) is 0 Å². The molecule has 0 bridgehead atoms. The summed E-state index contributed by atoms with van der Waals surface area (Å²) in [5, 5.41) is 5.60. The molecule has 3 amide bonds. The number of anilines is 1. The van der Waals surface area contributed by atoms with Crippen molar-refractivity contribution >= 4 is 23.4 Å². The number of aromatic nitrogens is 1. The number of amides is 3. The van der Waals surface area contributed by atoms with E-state index in [1.54, 1.807) is 43.5 Å². The number of aryl methyl sites for hydroxylation is 1. The van der Waals surface area contributed by atoms with Gasteiger partial charge in [-0.05, 0) is 55.7 Å². The molecule has 188 valence electrons. The molecule has 0 aliphatic heterocycles. The Morgan fingerprint density at radius 1 is 1.14 bits per heavy atom. The molecule has 4 rings (SSSR count). The Bertz CT molecular complexity index is 1190. The van der Waals surface area contributed by atoms with Crippen LogP contribution in [-0.4, -0.2) is 35.3 Å². The van der Waals surface area contributed by atoms with Crippen molar-refractivity contribution in [3.63, 3.8) is 0 Å². The maximum atomic E-state index is 14.6. The van der Waals surface area contributed by atoms with Crippen molar-refractivity contribution in [1.82, 2.24) is 15.6 Å². The first-order chi connectivity index (χ1) is 17.4. The lowest BCUT2D eigenvalue weighted by Crippen LogP contribution is -2.49. The van der Waals surface area contributed by atoms with Crippen molar-refractivity contribution in [2.75, 3.05) is 11.4 Å². The summed E-state index contributed by atoms with van der Waals surface area (Å²) in [7, 11) is 0. The molecule has 2 N–H and O–H groups in total. The molecule has 0 unspecified atom stereocenters. The largest absolute Gasteiger partial charge is 0.459 e. The average Bonchev–Trinajstić information content (AvgIpc) is 3.44. The van der Waals surface area contributed by atoms with E-state index in [1.807, 2.05) is 0 Å². The molecule has 1 saturated carbocycles. The maximum Gasteiger partial charge on any atom is 0.287 e. The highest BCUT2D eigenvalue weighted by molar-refractivity contribution is 6.04. The van der Waals surface area contributed by atoms with E-state index in [9.17, 15) is 18.8 Å². The first-order valence-corrected chi connectivity index (χ1v) is 12.0. The molecule has 1 fully saturated rings. The van der Waals surface area contributed by atoms with Crippen LogP contribution < -0.4 is 15.5 Å². The van der Waals surface area contributed by atoms with E-state index in [4.69, 9.17) is 4.42 Å². The number of hydrogen-bond donors (Lipinski definition) is 2. The first-order valence-electron chi connectivity index (χ1n) is 12.0. The van der Waals surface area contributed by atoms with Gasteiger partial charge < -0.3 is 15.1 Å². The Balaban J connectivity index is 1.68. The van der Waals surface area contributed by atoms with E-state index in [1.165, 1.54) is 29.5 Å². The van der Waals surface area contributed by atoms with Crippen molar-refractivity contribution in [2.45, 2.75) is 51.1 Å². The number of carbonyl (C=O) groups is 3. The predicted molar refractivity (Wildman–Crippen MR) is 132 cm³/mol. The lowest BCUT2D eigenvalue weighted by atomic mass is 9.94. The van der Waals surface area contributed by atoms with E-state index in [-0.39, 0.29) is 23.4 Å². The SMILES string of the molecule is Cc1ccc(N(C(=O)CNC(=O)c2ccco2)[C@@H](C(=O)NC2CCCCC2)c2cccnc2)cc1F. The van der Waals surface area contributed by atoms with E-state index >= 15 is 0 Å². The van der Waals surface area contributed by atoms with Gasteiger partial charge in [0.05, 0.1) is 12.8 Å². The molecule has 0 saturated heterocycles. The van der Waals surface area contributed by atoms with Crippen LogP contribution in [0.4, 0.5) is 10.1 Å². The average molecular weight is 493 g/mol. The Morgan fingerprint density at radius 2 is 1.94 bits per heavy atom. The highest BCUT2D eigenvalue weighted by Gasteiger charge is 2.34. The van der Waals surface area contributed by atoms with Gasteiger partial charge in [0, 0.05) is 29.7 Å². The van der Waals surface area contributed by atoms with Crippen LogP contribution in [0.25, 0.3) is 0 Å². The van der Waals surface area contributed by atoms with Crippen molar-refractivity contribution in [1.29, 1.82) is 0 Å². The summed E-state index contributed by atoms with van der Waals surface area (Å²) in [6.45, 7) is 1.19. The molecule has 8 nitrogen and oxygen atoms in total. The minimum atomic E-state index is -1.12. The molecular weight excluding hydrogens is 463 g/mol. The number of halogens is 1. The highest BCUT2D eigenvalue weighted by atomic mass is 19.1. The normalized spacial score (nSPS) is 14.6. The highest BCUT2D eigenvalue weighted by Crippen LogP contribution is 2.30. The topological polar surface area (TPSA) is 105 Å². The van der Waals surface area contributed by atoms with Gasteiger partial charge in [0.15, 0.2) is 5.76 Å². The van der Waals surface area contributed by atoms with Crippen LogP contribution in [-0.2, 0) is 9.59 Å². The second-order valence-electron chi connectivity index (χ2n) is 8.89. The van der Waals surface area contributed by atoms with Gasteiger partial charge in [-0.1, -0.05) is 31.4 Å². The quantitative estimate of drug-likeness (QED) is 0.493. The predicted octanol–water partition coefficient (Wildman–Crippen LogP) is 4.08. The van der Waals surface area contributed by atoms with Gasteiger partial charge in [-0.25, -0.2) is 4.39 Å². The molecule has 36 heavy (non-hydrogen) atoms. The molecule has 1 aliphatic carbocycles. The molecule has 9 heteroatoms. The zero-order valence-corrected chi connectivity index (χ0v) is 20.1. The van der Waals surface area contributed by atoms with Gasteiger partial charge in [-0.2, -0.15) is 0 Å². The molecule has 0 spiro atoms. The monoisotopic (exact) mass is 492 g/mol. The fraction of sp³-hybridized carbons (Fsp3) is 0.333. The van der Waals surface area contributed by atoms with Crippen LogP contribution in [0, 0.1) is 12.7 Å². The summed E-state index contributed by atoms with van der Waals surface area (Å²) >= 11 is 0. The minimum Gasteiger partial charge on any atom is -0.459 e. The van der Waals surface area contributed by atoms with Crippen LogP contribution >= 0.6 is 0 Å². The lowest BCUT2D eigenvalue weighted by Gasteiger charge is -2.33. The van der Waals surface area contributed by atoms with Crippen LogP contribution in [0.5, 0.6) is 0 Å².